The van der Waals surface area contributed by atoms with Crippen LogP contribution in [0.25, 0.3) is 0 Å². The van der Waals surface area contributed by atoms with Crippen LogP contribution in [-0.4, -0.2) is 19.9 Å². The number of halogens is 2. The van der Waals surface area contributed by atoms with Gasteiger partial charge in [0.2, 0.25) is 10.0 Å². The molecular formula is C15H16Cl2N2O2S. The number of unbranched alkanes of at least 4 members (excludes halogenated alkanes) is 1. The van der Waals surface area contributed by atoms with E-state index in [-0.39, 0.29) is 10.0 Å². The molecule has 0 saturated heterocycles. The SMILES string of the molecule is O=S(=O)(NCCCCc1cccc(Cl)c1)c1ccc(Cl)nc1. The molecule has 22 heavy (non-hydrogen) atoms. The van der Waals surface area contributed by atoms with Crippen molar-refractivity contribution >= 4 is 33.2 Å². The predicted octanol–water partition coefficient (Wildman–Crippen LogP) is 3.69. The van der Waals surface area contributed by atoms with E-state index in [4.69, 9.17) is 23.2 Å². The van der Waals surface area contributed by atoms with E-state index in [2.05, 4.69) is 9.71 Å². The van der Waals surface area contributed by atoms with Crippen molar-refractivity contribution in [3.63, 3.8) is 0 Å². The fourth-order valence-corrected chi connectivity index (χ4v) is 3.30. The molecule has 0 atom stereocenters. The van der Waals surface area contributed by atoms with Gasteiger partial charge in [0.1, 0.15) is 10.0 Å². The van der Waals surface area contributed by atoms with Gasteiger partial charge < -0.3 is 0 Å². The summed E-state index contributed by atoms with van der Waals surface area (Å²) in [7, 11) is -3.52. The van der Waals surface area contributed by atoms with Crippen molar-refractivity contribution in [3.8, 4) is 0 Å². The lowest BCUT2D eigenvalue weighted by molar-refractivity contribution is 0.576. The maximum Gasteiger partial charge on any atom is 0.242 e. The van der Waals surface area contributed by atoms with E-state index in [1.165, 1.54) is 18.3 Å². The third-order valence-corrected chi connectivity index (χ3v) is 4.99. The molecule has 118 valence electrons. The van der Waals surface area contributed by atoms with Gasteiger partial charge in [-0.1, -0.05) is 35.3 Å². The summed E-state index contributed by atoms with van der Waals surface area (Å²) in [5, 5.41) is 0.980. The smallest absolute Gasteiger partial charge is 0.242 e. The lowest BCUT2D eigenvalue weighted by Gasteiger charge is -2.06. The Bertz CT molecular complexity index is 719. The van der Waals surface area contributed by atoms with Gasteiger partial charge >= 0.3 is 0 Å². The Hall–Kier alpha value is -1.14. The zero-order chi connectivity index (χ0) is 16.0. The first-order valence-electron chi connectivity index (χ1n) is 6.83. The summed E-state index contributed by atoms with van der Waals surface area (Å²) in [6.07, 6.45) is 3.73. The highest BCUT2D eigenvalue weighted by Crippen LogP contribution is 2.13. The quantitative estimate of drug-likeness (QED) is 0.606. The minimum Gasteiger partial charge on any atom is -0.243 e. The lowest BCUT2D eigenvalue weighted by Crippen LogP contribution is -2.25. The highest BCUT2D eigenvalue weighted by molar-refractivity contribution is 7.89. The molecule has 2 aromatic rings. The average Bonchev–Trinajstić information content (AvgIpc) is 2.47. The van der Waals surface area contributed by atoms with Crippen LogP contribution < -0.4 is 4.72 Å². The highest BCUT2D eigenvalue weighted by atomic mass is 35.5. The van der Waals surface area contributed by atoms with Gasteiger partial charge in [-0.15, -0.1) is 0 Å². The summed E-state index contributed by atoms with van der Waals surface area (Å²) < 4.78 is 26.6. The first kappa shape index (κ1) is 17.2. The second-order valence-electron chi connectivity index (χ2n) is 4.80. The Morgan fingerprint density at radius 3 is 2.59 bits per heavy atom. The van der Waals surface area contributed by atoms with Gasteiger partial charge in [0.05, 0.1) is 0 Å². The Labute approximate surface area is 140 Å². The number of nitrogens with zero attached hydrogens (tertiary/aromatic N) is 1. The molecule has 0 aliphatic rings. The van der Waals surface area contributed by atoms with E-state index >= 15 is 0 Å². The molecule has 0 fully saturated rings. The van der Waals surface area contributed by atoms with Crippen LogP contribution in [0.15, 0.2) is 47.5 Å². The number of pyridine rings is 1. The van der Waals surface area contributed by atoms with Crippen molar-refractivity contribution in [2.24, 2.45) is 0 Å². The van der Waals surface area contributed by atoms with E-state index < -0.39 is 10.0 Å². The van der Waals surface area contributed by atoms with Crippen LogP contribution in [-0.2, 0) is 16.4 Å². The van der Waals surface area contributed by atoms with E-state index in [0.29, 0.717) is 11.6 Å². The molecule has 1 aromatic heterocycles. The standard InChI is InChI=1S/C15H16Cl2N2O2S/c16-13-6-3-5-12(10-13)4-1-2-9-19-22(20,21)14-7-8-15(17)18-11-14/h3,5-8,10-11,19H,1-2,4,9H2. The van der Waals surface area contributed by atoms with Gasteiger partial charge in [-0.25, -0.2) is 18.1 Å². The van der Waals surface area contributed by atoms with Crippen LogP contribution in [0.1, 0.15) is 18.4 Å². The number of aromatic nitrogens is 1. The molecule has 0 aliphatic carbocycles. The Balaban J connectivity index is 1.77. The average molecular weight is 359 g/mol. The number of sulfonamides is 1. The number of hydrogen-bond acceptors (Lipinski definition) is 3. The Kier molecular flexibility index (Phi) is 6.20. The van der Waals surface area contributed by atoms with Crippen LogP contribution in [0.4, 0.5) is 0 Å². The maximum atomic E-state index is 12.0. The molecule has 0 aliphatic heterocycles. The number of rotatable bonds is 7. The molecule has 1 N–H and O–H groups in total. The Morgan fingerprint density at radius 1 is 1.09 bits per heavy atom. The van der Waals surface area contributed by atoms with Crippen LogP contribution in [0.5, 0.6) is 0 Å². The zero-order valence-corrected chi connectivity index (χ0v) is 14.1. The number of hydrogen-bond donors (Lipinski definition) is 1. The molecule has 0 radical (unpaired) electrons. The van der Waals surface area contributed by atoms with Crippen LogP contribution in [0, 0.1) is 0 Å². The van der Waals surface area contributed by atoms with E-state index in [1.807, 2.05) is 24.3 Å². The van der Waals surface area contributed by atoms with Gasteiger partial charge in [0.15, 0.2) is 0 Å². The van der Waals surface area contributed by atoms with Crippen molar-refractivity contribution in [2.75, 3.05) is 6.54 Å². The zero-order valence-electron chi connectivity index (χ0n) is 11.8. The van der Waals surface area contributed by atoms with Gasteiger partial charge in [-0.05, 0) is 49.1 Å². The topological polar surface area (TPSA) is 59.1 Å². The van der Waals surface area contributed by atoms with Gasteiger partial charge in [-0.3, -0.25) is 0 Å². The first-order valence-corrected chi connectivity index (χ1v) is 9.07. The van der Waals surface area contributed by atoms with Gasteiger partial charge in [0, 0.05) is 17.8 Å². The minimum absolute atomic E-state index is 0.117. The summed E-state index contributed by atoms with van der Waals surface area (Å²) in [4.78, 5) is 3.89. The van der Waals surface area contributed by atoms with Crippen LogP contribution in [0.3, 0.4) is 0 Å². The fourth-order valence-electron chi connectivity index (χ4n) is 1.96. The summed E-state index contributed by atoms with van der Waals surface area (Å²) in [5.74, 6) is 0. The minimum atomic E-state index is -3.52. The van der Waals surface area contributed by atoms with Crippen LogP contribution in [0.2, 0.25) is 10.2 Å². The molecule has 0 saturated carbocycles. The summed E-state index contributed by atoms with van der Waals surface area (Å²) in [6.45, 7) is 0.380. The number of aryl methyl sites for hydroxylation is 1. The van der Waals surface area contributed by atoms with Gasteiger partial charge in [-0.2, -0.15) is 0 Å². The first-order chi connectivity index (χ1) is 10.5. The summed E-state index contributed by atoms with van der Waals surface area (Å²) >= 11 is 11.6. The highest BCUT2D eigenvalue weighted by Gasteiger charge is 2.13. The van der Waals surface area contributed by atoms with Crippen molar-refractivity contribution in [1.82, 2.24) is 9.71 Å². The lowest BCUT2D eigenvalue weighted by atomic mass is 10.1. The predicted molar refractivity (Wildman–Crippen MR) is 88.8 cm³/mol. The van der Waals surface area contributed by atoms with E-state index in [0.717, 1.165) is 24.8 Å². The fraction of sp³-hybridized carbons (Fsp3) is 0.267. The molecule has 0 spiro atoms. The monoisotopic (exact) mass is 358 g/mol. The third kappa shape index (κ3) is 5.25. The summed E-state index contributed by atoms with van der Waals surface area (Å²) in [6, 6.07) is 10.6. The van der Waals surface area contributed by atoms with Crippen molar-refractivity contribution in [3.05, 3.63) is 58.3 Å². The van der Waals surface area contributed by atoms with Gasteiger partial charge in [0.25, 0.3) is 0 Å². The largest absolute Gasteiger partial charge is 0.243 e. The van der Waals surface area contributed by atoms with E-state index in [9.17, 15) is 8.42 Å². The molecular weight excluding hydrogens is 343 g/mol. The Morgan fingerprint density at radius 2 is 1.91 bits per heavy atom. The molecule has 1 heterocycles. The second-order valence-corrected chi connectivity index (χ2v) is 7.39. The van der Waals surface area contributed by atoms with Crippen molar-refractivity contribution in [2.45, 2.75) is 24.2 Å². The third-order valence-electron chi connectivity index (χ3n) is 3.08. The molecule has 1 aromatic carbocycles. The molecule has 4 nitrogen and oxygen atoms in total. The molecule has 0 amide bonds. The second kappa shape index (κ2) is 7.92. The summed E-state index contributed by atoms with van der Waals surface area (Å²) in [5.41, 5.74) is 1.15. The normalized spacial score (nSPS) is 11.5. The molecule has 0 bridgehead atoms. The molecule has 2 rings (SSSR count). The van der Waals surface area contributed by atoms with Crippen molar-refractivity contribution in [1.29, 1.82) is 0 Å². The number of nitrogens with one attached hydrogen (secondary N) is 1. The van der Waals surface area contributed by atoms with Crippen LogP contribution >= 0.6 is 23.2 Å². The molecule has 0 unspecified atom stereocenters. The number of benzene rings is 1. The maximum absolute atomic E-state index is 12.0. The molecule has 7 heteroatoms. The van der Waals surface area contributed by atoms with E-state index in [1.54, 1.807) is 0 Å². The van der Waals surface area contributed by atoms with Crippen molar-refractivity contribution < 1.29 is 8.42 Å².